The molecule has 1 aliphatic heterocycles. The van der Waals surface area contributed by atoms with Crippen molar-refractivity contribution in [2.75, 3.05) is 13.7 Å². The number of carbonyl (C=O) groups is 1. The minimum atomic E-state index is -4.35. The average Bonchev–Trinajstić information content (AvgIpc) is 2.83. The van der Waals surface area contributed by atoms with E-state index >= 15 is 0 Å². The number of carbonyl (C=O) groups excluding carboxylic acids is 1. The van der Waals surface area contributed by atoms with E-state index in [0.29, 0.717) is 4.41 Å². The number of benzene rings is 1. The van der Waals surface area contributed by atoms with Gasteiger partial charge in [0.1, 0.15) is 5.75 Å². The molecule has 1 aromatic carbocycles. The topological polar surface area (TPSA) is 139 Å². The Labute approximate surface area is 138 Å². The first kappa shape index (κ1) is 18.1. The largest absolute Gasteiger partial charge is 0.497 e. The van der Waals surface area contributed by atoms with Crippen LogP contribution in [0.25, 0.3) is 0 Å². The zero-order valence-corrected chi connectivity index (χ0v) is 13.8. The highest BCUT2D eigenvalue weighted by Gasteiger charge is 2.46. The number of nitro benzene ring substituents is 1. The Morgan fingerprint density at radius 2 is 2.12 bits per heavy atom. The highest BCUT2D eigenvalue weighted by Crippen LogP contribution is 2.33. The van der Waals surface area contributed by atoms with Crippen LogP contribution in [-0.2, 0) is 14.8 Å². The van der Waals surface area contributed by atoms with Gasteiger partial charge in [-0.25, -0.2) is 8.42 Å². The van der Waals surface area contributed by atoms with E-state index in [0.717, 1.165) is 12.1 Å². The van der Waals surface area contributed by atoms with Crippen molar-refractivity contribution in [1.29, 1.82) is 0 Å². The quantitative estimate of drug-likeness (QED) is 0.539. The van der Waals surface area contributed by atoms with E-state index in [-0.39, 0.29) is 18.8 Å². The average molecular weight is 359 g/mol. The summed E-state index contributed by atoms with van der Waals surface area (Å²) in [5.41, 5.74) is 1.56. The minimum Gasteiger partial charge on any atom is -0.497 e. The van der Waals surface area contributed by atoms with Crippen molar-refractivity contribution >= 4 is 21.6 Å². The lowest BCUT2D eigenvalue weighted by Crippen LogP contribution is -2.42. The van der Waals surface area contributed by atoms with Crippen molar-refractivity contribution in [3.05, 3.63) is 28.3 Å². The first-order chi connectivity index (χ1) is 11.2. The van der Waals surface area contributed by atoms with Gasteiger partial charge in [0, 0.05) is 6.61 Å². The lowest BCUT2D eigenvalue weighted by Gasteiger charge is -2.21. The summed E-state index contributed by atoms with van der Waals surface area (Å²) >= 11 is 0. The third-order valence-electron chi connectivity index (χ3n) is 3.85. The van der Waals surface area contributed by atoms with Gasteiger partial charge < -0.3 is 9.84 Å². The van der Waals surface area contributed by atoms with Crippen LogP contribution in [0.15, 0.2) is 23.1 Å². The number of ether oxygens (including phenoxy) is 1. The monoisotopic (exact) mass is 359 g/mol. The summed E-state index contributed by atoms with van der Waals surface area (Å²) in [6.07, 6.45) is 0.0870. The summed E-state index contributed by atoms with van der Waals surface area (Å²) in [6, 6.07) is 2.55. The molecule has 0 bridgehead atoms. The molecule has 2 atom stereocenters. The standard InChI is InChI=1S/C13H17N3O7S/c1-8-10(5-6-17)13(18)14-15(8)24(21,22)12-4-3-9(23-2)7-11(12)16(19)20/h3-4,7-8,10,17H,5-6H2,1-2H3,(H,14,18). The number of methoxy groups -OCH3 is 1. The maximum Gasteiger partial charge on any atom is 0.293 e. The number of hydrogen-bond donors (Lipinski definition) is 2. The third-order valence-corrected chi connectivity index (χ3v) is 5.69. The Hall–Kier alpha value is -2.24. The summed E-state index contributed by atoms with van der Waals surface area (Å²) in [5, 5.41) is 20.2. The minimum absolute atomic E-state index is 0.0870. The molecule has 0 spiro atoms. The molecule has 2 unspecified atom stereocenters. The normalized spacial score (nSPS) is 21.5. The molecule has 0 radical (unpaired) electrons. The number of nitrogens with zero attached hydrogens (tertiary/aromatic N) is 2. The van der Waals surface area contributed by atoms with Crippen molar-refractivity contribution < 1.29 is 28.0 Å². The summed E-state index contributed by atoms with van der Waals surface area (Å²) in [4.78, 5) is 21.7. The first-order valence-electron chi connectivity index (χ1n) is 7.02. The number of aliphatic hydroxyl groups excluding tert-OH is 1. The van der Waals surface area contributed by atoms with E-state index in [1.807, 2.05) is 0 Å². The van der Waals surface area contributed by atoms with Gasteiger partial charge in [0.05, 0.1) is 30.1 Å². The van der Waals surface area contributed by atoms with Crippen LogP contribution in [0.5, 0.6) is 5.75 Å². The predicted octanol–water partition coefficient (Wildman–Crippen LogP) is 0.0260. The van der Waals surface area contributed by atoms with E-state index in [9.17, 15) is 23.3 Å². The molecule has 1 heterocycles. The zero-order valence-electron chi connectivity index (χ0n) is 13.0. The maximum atomic E-state index is 12.8. The summed E-state index contributed by atoms with van der Waals surface area (Å²) in [7, 11) is -3.05. The van der Waals surface area contributed by atoms with Crippen molar-refractivity contribution in [2.24, 2.45) is 5.92 Å². The van der Waals surface area contributed by atoms with E-state index in [2.05, 4.69) is 5.43 Å². The molecule has 2 rings (SSSR count). The van der Waals surface area contributed by atoms with Crippen molar-refractivity contribution in [3.8, 4) is 5.75 Å². The SMILES string of the molecule is COc1ccc(S(=O)(=O)N2NC(=O)C(CCO)C2C)c([N+](=O)[O-])c1. The van der Waals surface area contributed by atoms with Crippen LogP contribution in [0.4, 0.5) is 5.69 Å². The molecule has 1 saturated heterocycles. The lowest BCUT2D eigenvalue weighted by molar-refractivity contribution is -0.387. The summed E-state index contributed by atoms with van der Waals surface area (Å²) in [5.74, 6) is -1.16. The van der Waals surface area contributed by atoms with E-state index in [1.54, 1.807) is 0 Å². The van der Waals surface area contributed by atoms with Gasteiger partial charge in [0.2, 0.25) is 5.91 Å². The Morgan fingerprint density at radius 1 is 1.46 bits per heavy atom. The molecule has 1 aromatic rings. The van der Waals surface area contributed by atoms with Crippen molar-refractivity contribution in [3.63, 3.8) is 0 Å². The molecular formula is C13H17N3O7S. The maximum absolute atomic E-state index is 12.8. The Bertz CT molecular complexity index is 765. The molecule has 11 heteroatoms. The van der Waals surface area contributed by atoms with Crippen molar-refractivity contribution in [2.45, 2.75) is 24.3 Å². The smallest absolute Gasteiger partial charge is 0.293 e. The van der Waals surface area contributed by atoms with Gasteiger partial charge in [0.15, 0.2) is 4.90 Å². The van der Waals surface area contributed by atoms with E-state index in [1.165, 1.54) is 20.1 Å². The second-order valence-corrected chi connectivity index (χ2v) is 7.01. The van der Waals surface area contributed by atoms with Gasteiger partial charge >= 0.3 is 0 Å². The van der Waals surface area contributed by atoms with Gasteiger partial charge in [-0.2, -0.15) is 0 Å². The third kappa shape index (κ3) is 3.05. The number of nitrogens with one attached hydrogen (secondary N) is 1. The van der Waals surface area contributed by atoms with Gasteiger partial charge in [-0.3, -0.25) is 20.3 Å². The van der Waals surface area contributed by atoms with Crippen LogP contribution in [-0.4, -0.2) is 48.5 Å². The van der Waals surface area contributed by atoms with Gasteiger partial charge in [-0.15, -0.1) is 4.41 Å². The van der Waals surface area contributed by atoms with Crippen LogP contribution in [0.3, 0.4) is 0 Å². The highest BCUT2D eigenvalue weighted by atomic mass is 32.2. The highest BCUT2D eigenvalue weighted by molar-refractivity contribution is 7.89. The number of sulfonamides is 1. The Morgan fingerprint density at radius 3 is 2.67 bits per heavy atom. The number of amides is 1. The lowest BCUT2D eigenvalue weighted by atomic mass is 10.00. The number of rotatable bonds is 6. The predicted molar refractivity (Wildman–Crippen MR) is 81.5 cm³/mol. The Kier molecular flexibility index (Phi) is 5.06. The van der Waals surface area contributed by atoms with E-state index < -0.39 is 43.4 Å². The van der Waals surface area contributed by atoms with E-state index in [4.69, 9.17) is 9.84 Å². The fourth-order valence-corrected chi connectivity index (χ4v) is 4.20. The summed E-state index contributed by atoms with van der Waals surface area (Å²) < 4.78 is 31.1. The molecule has 0 aromatic heterocycles. The van der Waals surface area contributed by atoms with Crippen LogP contribution in [0.2, 0.25) is 0 Å². The second-order valence-electron chi connectivity index (χ2n) is 5.23. The van der Waals surface area contributed by atoms with Crippen LogP contribution >= 0.6 is 0 Å². The van der Waals surface area contributed by atoms with Gasteiger partial charge in [0.25, 0.3) is 15.7 Å². The first-order valence-corrected chi connectivity index (χ1v) is 8.46. The molecule has 0 aliphatic carbocycles. The molecule has 1 aliphatic rings. The number of hydrazine groups is 1. The second kappa shape index (κ2) is 6.71. The molecule has 1 amide bonds. The van der Waals surface area contributed by atoms with Gasteiger partial charge in [-0.1, -0.05) is 0 Å². The number of hydrogen-bond acceptors (Lipinski definition) is 7. The molecule has 10 nitrogen and oxygen atoms in total. The molecule has 132 valence electrons. The van der Waals surface area contributed by atoms with Crippen molar-refractivity contribution in [1.82, 2.24) is 9.84 Å². The summed E-state index contributed by atoms with van der Waals surface area (Å²) in [6.45, 7) is 1.21. The van der Waals surface area contributed by atoms with Crippen LogP contribution in [0, 0.1) is 16.0 Å². The van der Waals surface area contributed by atoms with Crippen LogP contribution < -0.4 is 10.2 Å². The molecule has 2 N–H and O–H groups in total. The van der Waals surface area contributed by atoms with Crippen LogP contribution in [0.1, 0.15) is 13.3 Å². The zero-order chi connectivity index (χ0) is 18.1. The molecule has 1 fully saturated rings. The fraction of sp³-hybridized carbons (Fsp3) is 0.462. The number of aliphatic hydroxyl groups is 1. The Balaban J connectivity index is 2.48. The molecular weight excluding hydrogens is 342 g/mol. The molecule has 24 heavy (non-hydrogen) atoms. The molecule has 0 saturated carbocycles. The fourth-order valence-electron chi connectivity index (χ4n) is 2.56. The number of nitro groups is 1. The van der Waals surface area contributed by atoms with Gasteiger partial charge in [-0.05, 0) is 25.5 Å².